The van der Waals surface area contributed by atoms with E-state index in [9.17, 15) is 5.11 Å². The molecule has 0 saturated heterocycles. The molecule has 1 heterocycles. The summed E-state index contributed by atoms with van der Waals surface area (Å²) in [6, 6.07) is 4.14. The molecule has 1 aromatic heterocycles. The second-order valence-corrected chi connectivity index (χ2v) is 4.65. The van der Waals surface area contributed by atoms with Gasteiger partial charge in [-0.05, 0) is 25.3 Å². The molecule has 15 heavy (non-hydrogen) atoms. The average Bonchev–Trinajstić information content (AvgIpc) is 2.77. The number of thiophene rings is 1. The van der Waals surface area contributed by atoms with E-state index >= 15 is 0 Å². The highest BCUT2D eigenvalue weighted by molar-refractivity contribution is 7.10. The predicted octanol–water partition coefficient (Wildman–Crippen LogP) is 1.79. The van der Waals surface area contributed by atoms with Gasteiger partial charge in [-0.3, -0.25) is 0 Å². The molecule has 0 radical (unpaired) electrons. The van der Waals surface area contributed by atoms with Gasteiger partial charge in [0.2, 0.25) is 0 Å². The SMILES string of the molecule is COC(C)C(C)NCC(O)c1cccs1. The van der Waals surface area contributed by atoms with E-state index in [0.29, 0.717) is 6.54 Å². The molecule has 3 nitrogen and oxygen atoms in total. The van der Waals surface area contributed by atoms with Gasteiger partial charge in [0.1, 0.15) is 6.10 Å². The van der Waals surface area contributed by atoms with Crippen molar-refractivity contribution in [2.45, 2.75) is 32.1 Å². The van der Waals surface area contributed by atoms with Crippen molar-refractivity contribution in [3.63, 3.8) is 0 Å². The Bertz CT molecular complexity index is 264. The molecule has 0 aliphatic heterocycles. The monoisotopic (exact) mass is 229 g/mol. The van der Waals surface area contributed by atoms with Crippen molar-refractivity contribution in [1.29, 1.82) is 0 Å². The first kappa shape index (κ1) is 12.6. The smallest absolute Gasteiger partial charge is 0.101 e. The van der Waals surface area contributed by atoms with Gasteiger partial charge in [-0.25, -0.2) is 0 Å². The van der Waals surface area contributed by atoms with Crippen LogP contribution in [0.15, 0.2) is 17.5 Å². The Morgan fingerprint density at radius 2 is 2.27 bits per heavy atom. The number of aliphatic hydroxyl groups is 1. The van der Waals surface area contributed by atoms with Crippen LogP contribution in [0, 0.1) is 0 Å². The van der Waals surface area contributed by atoms with E-state index < -0.39 is 6.10 Å². The van der Waals surface area contributed by atoms with Crippen LogP contribution in [0.25, 0.3) is 0 Å². The summed E-state index contributed by atoms with van der Waals surface area (Å²) in [4.78, 5) is 1.000. The molecule has 1 aromatic rings. The topological polar surface area (TPSA) is 41.5 Å². The minimum absolute atomic E-state index is 0.153. The molecule has 0 fully saturated rings. The Hall–Kier alpha value is -0.420. The molecule has 0 bridgehead atoms. The fourth-order valence-electron chi connectivity index (χ4n) is 1.25. The highest BCUT2D eigenvalue weighted by Gasteiger charge is 2.13. The first-order valence-corrected chi connectivity index (χ1v) is 6.00. The van der Waals surface area contributed by atoms with E-state index in [0.717, 1.165) is 4.88 Å². The molecule has 86 valence electrons. The number of nitrogens with one attached hydrogen (secondary N) is 1. The van der Waals surface area contributed by atoms with Crippen LogP contribution in [-0.2, 0) is 4.74 Å². The minimum Gasteiger partial charge on any atom is -0.386 e. The normalized spacial score (nSPS) is 17.3. The van der Waals surface area contributed by atoms with E-state index in [2.05, 4.69) is 12.2 Å². The zero-order valence-corrected chi connectivity index (χ0v) is 10.3. The van der Waals surface area contributed by atoms with Gasteiger partial charge in [0.25, 0.3) is 0 Å². The zero-order chi connectivity index (χ0) is 11.3. The third kappa shape index (κ3) is 3.91. The summed E-state index contributed by atoms with van der Waals surface area (Å²) >= 11 is 1.58. The van der Waals surface area contributed by atoms with E-state index in [1.807, 2.05) is 24.4 Å². The van der Waals surface area contributed by atoms with Crippen LogP contribution in [0.5, 0.6) is 0 Å². The molecule has 0 aromatic carbocycles. The van der Waals surface area contributed by atoms with Crippen molar-refractivity contribution >= 4 is 11.3 Å². The van der Waals surface area contributed by atoms with Crippen molar-refractivity contribution in [1.82, 2.24) is 5.32 Å². The van der Waals surface area contributed by atoms with Crippen molar-refractivity contribution in [3.05, 3.63) is 22.4 Å². The summed E-state index contributed by atoms with van der Waals surface area (Å²) in [7, 11) is 1.69. The maximum absolute atomic E-state index is 9.82. The van der Waals surface area contributed by atoms with Crippen molar-refractivity contribution < 1.29 is 9.84 Å². The van der Waals surface area contributed by atoms with Crippen LogP contribution < -0.4 is 5.32 Å². The highest BCUT2D eigenvalue weighted by atomic mass is 32.1. The van der Waals surface area contributed by atoms with Crippen LogP contribution in [0.4, 0.5) is 0 Å². The summed E-state index contributed by atoms with van der Waals surface area (Å²) < 4.78 is 5.19. The van der Waals surface area contributed by atoms with Crippen LogP contribution >= 0.6 is 11.3 Å². The molecule has 0 aliphatic rings. The summed E-state index contributed by atoms with van der Waals surface area (Å²) in [5.41, 5.74) is 0. The molecule has 3 unspecified atom stereocenters. The Balaban J connectivity index is 2.31. The van der Waals surface area contributed by atoms with Gasteiger partial charge in [-0.1, -0.05) is 6.07 Å². The fourth-order valence-corrected chi connectivity index (χ4v) is 1.96. The van der Waals surface area contributed by atoms with Crippen molar-refractivity contribution in [2.75, 3.05) is 13.7 Å². The lowest BCUT2D eigenvalue weighted by Crippen LogP contribution is -2.38. The van der Waals surface area contributed by atoms with Gasteiger partial charge < -0.3 is 15.2 Å². The summed E-state index contributed by atoms with van der Waals surface area (Å²) in [6.07, 6.45) is -0.267. The Morgan fingerprint density at radius 1 is 1.53 bits per heavy atom. The molecular formula is C11H19NO2S. The second kappa shape index (κ2) is 6.23. The number of hydrogen-bond donors (Lipinski definition) is 2. The van der Waals surface area contributed by atoms with E-state index in [1.165, 1.54) is 0 Å². The molecule has 0 saturated carbocycles. The minimum atomic E-state index is -0.420. The summed E-state index contributed by atoms with van der Waals surface area (Å²) in [5, 5.41) is 15.0. The number of hydrogen-bond acceptors (Lipinski definition) is 4. The van der Waals surface area contributed by atoms with Crippen LogP contribution in [-0.4, -0.2) is 30.9 Å². The van der Waals surface area contributed by atoms with Gasteiger partial charge >= 0.3 is 0 Å². The van der Waals surface area contributed by atoms with E-state index in [-0.39, 0.29) is 12.1 Å². The standard InChI is InChI=1S/C11H19NO2S/c1-8(9(2)14-3)12-7-10(13)11-5-4-6-15-11/h4-6,8-10,12-13H,7H2,1-3H3. The van der Waals surface area contributed by atoms with Crippen LogP contribution in [0.3, 0.4) is 0 Å². The third-order valence-electron chi connectivity index (χ3n) is 2.58. The molecule has 4 heteroatoms. The van der Waals surface area contributed by atoms with Gasteiger partial charge in [0.15, 0.2) is 0 Å². The maximum Gasteiger partial charge on any atom is 0.101 e. The largest absolute Gasteiger partial charge is 0.386 e. The average molecular weight is 229 g/mol. The summed E-state index contributed by atoms with van der Waals surface area (Å²) in [5.74, 6) is 0. The second-order valence-electron chi connectivity index (χ2n) is 3.67. The first-order chi connectivity index (χ1) is 7.15. The van der Waals surface area contributed by atoms with Crippen LogP contribution in [0.1, 0.15) is 24.8 Å². The Kier molecular flexibility index (Phi) is 5.25. The fraction of sp³-hybridized carbons (Fsp3) is 0.636. The highest BCUT2D eigenvalue weighted by Crippen LogP contribution is 2.17. The number of aliphatic hydroxyl groups excluding tert-OH is 1. The molecule has 1 rings (SSSR count). The van der Waals surface area contributed by atoms with Crippen LogP contribution in [0.2, 0.25) is 0 Å². The van der Waals surface area contributed by atoms with E-state index in [4.69, 9.17) is 4.74 Å². The third-order valence-corrected chi connectivity index (χ3v) is 3.55. The van der Waals surface area contributed by atoms with Gasteiger partial charge in [-0.2, -0.15) is 0 Å². The van der Waals surface area contributed by atoms with Gasteiger partial charge in [0.05, 0.1) is 6.10 Å². The predicted molar refractivity (Wildman–Crippen MR) is 63.2 cm³/mol. The van der Waals surface area contributed by atoms with Crippen molar-refractivity contribution in [3.8, 4) is 0 Å². The first-order valence-electron chi connectivity index (χ1n) is 5.12. The number of rotatable bonds is 6. The molecule has 2 N–H and O–H groups in total. The Morgan fingerprint density at radius 3 is 2.80 bits per heavy atom. The quantitative estimate of drug-likeness (QED) is 0.781. The number of methoxy groups -OCH3 is 1. The summed E-state index contributed by atoms with van der Waals surface area (Å²) in [6.45, 7) is 4.62. The molecule has 0 amide bonds. The lowest BCUT2D eigenvalue weighted by Gasteiger charge is -2.21. The zero-order valence-electron chi connectivity index (χ0n) is 9.43. The maximum atomic E-state index is 9.82. The van der Waals surface area contributed by atoms with Gasteiger partial charge in [0, 0.05) is 24.6 Å². The number of ether oxygens (including phenoxy) is 1. The molecular weight excluding hydrogens is 210 g/mol. The molecule has 0 spiro atoms. The lowest BCUT2D eigenvalue weighted by atomic mass is 10.2. The Labute approximate surface area is 95.1 Å². The van der Waals surface area contributed by atoms with Gasteiger partial charge in [-0.15, -0.1) is 11.3 Å². The molecule has 3 atom stereocenters. The lowest BCUT2D eigenvalue weighted by molar-refractivity contribution is 0.0810. The van der Waals surface area contributed by atoms with Crippen molar-refractivity contribution in [2.24, 2.45) is 0 Å². The van der Waals surface area contributed by atoms with E-state index in [1.54, 1.807) is 18.4 Å². The molecule has 0 aliphatic carbocycles.